The van der Waals surface area contributed by atoms with Gasteiger partial charge in [0.25, 0.3) is 0 Å². The van der Waals surface area contributed by atoms with Gasteiger partial charge in [0.05, 0.1) is 0 Å². The standard InChI is InChI=1S/C14H21NS/c1-10-4-5-12-6-7-14(13(12)8-10)15-11(2)9-16-3/h4-5,8,11,14-15H,6-7,9H2,1-3H3. The first-order chi connectivity index (χ1) is 7.70. The zero-order valence-electron chi connectivity index (χ0n) is 10.4. The molecule has 2 atom stereocenters. The van der Waals surface area contributed by atoms with Crippen LogP contribution in [-0.4, -0.2) is 18.1 Å². The fourth-order valence-electron chi connectivity index (χ4n) is 2.54. The number of nitrogens with one attached hydrogen (secondary N) is 1. The lowest BCUT2D eigenvalue weighted by molar-refractivity contribution is 0.479. The fraction of sp³-hybridized carbons (Fsp3) is 0.571. The van der Waals surface area contributed by atoms with Crippen molar-refractivity contribution in [2.45, 2.75) is 38.8 Å². The molecule has 0 aromatic heterocycles. The number of aryl methyl sites for hydroxylation is 2. The highest BCUT2D eigenvalue weighted by Crippen LogP contribution is 2.32. The van der Waals surface area contributed by atoms with Gasteiger partial charge >= 0.3 is 0 Å². The second-order valence-corrected chi connectivity index (χ2v) is 5.73. The lowest BCUT2D eigenvalue weighted by Gasteiger charge is -2.20. The highest BCUT2D eigenvalue weighted by atomic mass is 32.2. The van der Waals surface area contributed by atoms with E-state index >= 15 is 0 Å². The van der Waals surface area contributed by atoms with E-state index in [1.807, 2.05) is 11.8 Å². The first-order valence-corrected chi connectivity index (χ1v) is 7.44. The van der Waals surface area contributed by atoms with Crippen molar-refractivity contribution in [1.82, 2.24) is 5.32 Å². The minimum atomic E-state index is 0.581. The second-order valence-electron chi connectivity index (χ2n) is 4.82. The van der Waals surface area contributed by atoms with Gasteiger partial charge < -0.3 is 5.32 Å². The van der Waals surface area contributed by atoms with Gasteiger partial charge in [-0.15, -0.1) is 0 Å². The van der Waals surface area contributed by atoms with E-state index in [0.29, 0.717) is 12.1 Å². The first kappa shape index (κ1) is 12.0. The van der Waals surface area contributed by atoms with E-state index < -0.39 is 0 Å². The smallest absolute Gasteiger partial charge is 0.0328 e. The Balaban J connectivity index is 2.08. The number of thioether (sulfide) groups is 1. The maximum absolute atomic E-state index is 3.74. The number of benzene rings is 1. The maximum atomic E-state index is 3.74. The van der Waals surface area contributed by atoms with Crippen molar-refractivity contribution >= 4 is 11.8 Å². The molecule has 0 amide bonds. The van der Waals surface area contributed by atoms with Crippen LogP contribution in [0.1, 0.15) is 36.1 Å². The SMILES string of the molecule is CSCC(C)NC1CCc2ccc(C)cc21. The van der Waals surface area contributed by atoms with Crippen molar-refractivity contribution in [2.75, 3.05) is 12.0 Å². The summed E-state index contributed by atoms with van der Waals surface area (Å²) in [4.78, 5) is 0. The van der Waals surface area contributed by atoms with Crippen molar-refractivity contribution in [3.8, 4) is 0 Å². The molecule has 0 radical (unpaired) electrons. The van der Waals surface area contributed by atoms with Gasteiger partial charge in [-0.25, -0.2) is 0 Å². The Bertz CT molecular complexity index is 362. The van der Waals surface area contributed by atoms with E-state index in [1.54, 1.807) is 5.56 Å². The molecule has 1 nitrogen and oxygen atoms in total. The Morgan fingerprint density at radius 2 is 2.31 bits per heavy atom. The third-order valence-corrected chi connectivity index (χ3v) is 4.11. The van der Waals surface area contributed by atoms with Crippen LogP contribution < -0.4 is 5.32 Å². The minimum Gasteiger partial charge on any atom is -0.307 e. The Labute approximate surface area is 103 Å². The van der Waals surface area contributed by atoms with Gasteiger partial charge in [-0.05, 0) is 44.1 Å². The molecule has 0 aliphatic heterocycles. The first-order valence-electron chi connectivity index (χ1n) is 6.05. The van der Waals surface area contributed by atoms with Gasteiger partial charge in [0.2, 0.25) is 0 Å². The van der Waals surface area contributed by atoms with E-state index in [4.69, 9.17) is 0 Å². The van der Waals surface area contributed by atoms with Crippen LogP contribution in [0.4, 0.5) is 0 Å². The average Bonchev–Trinajstić information content (AvgIpc) is 2.61. The van der Waals surface area contributed by atoms with Gasteiger partial charge in [-0.3, -0.25) is 0 Å². The van der Waals surface area contributed by atoms with E-state index in [2.05, 4.69) is 43.6 Å². The van der Waals surface area contributed by atoms with Crippen LogP contribution in [0.2, 0.25) is 0 Å². The van der Waals surface area contributed by atoms with E-state index in [1.165, 1.54) is 29.7 Å². The number of fused-ring (bicyclic) bond motifs is 1. The largest absolute Gasteiger partial charge is 0.307 e. The van der Waals surface area contributed by atoms with Crippen molar-refractivity contribution < 1.29 is 0 Å². The van der Waals surface area contributed by atoms with Gasteiger partial charge in [0.15, 0.2) is 0 Å². The lowest BCUT2D eigenvalue weighted by atomic mass is 10.0. The van der Waals surface area contributed by atoms with Crippen LogP contribution in [0.25, 0.3) is 0 Å². The predicted octanol–water partition coefficient (Wildman–Crippen LogP) is 3.32. The topological polar surface area (TPSA) is 12.0 Å². The molecule has 0 fully saturated rings. The maximum Gasteiger partial charge on any atom is 0.0328 e. The normalized spacial score (nSPS) is 20.8. The average molecular weight is 235 g/mol. The molecule has 88 valence electrons. The van der Waals surface area contributed by atoms with Crippen molar-refractivity contribution in [3.63, 3.8) is 0 Å². The van der Waals surface area contributed by atoms with Gasteiger partial charge in [-0.1, -0.05) is 23.8 Å². The van der Waals surface area contributed by atoms with Crippen LogP contribution in [0.15, 0.2) is 18.2 Å². The molecule has 1 N–H and O–H groups in total. The second kappa shape index (κ2) is 5.24. The van der Waals surface area contributed by atoms with Crippen LogP contribution in [0, 0.1) is 6.92 Å². The van der Waals surface area contributed by atoms with Crippen molar-refractivity contribution in [2.24, 2.45) is 0 Å². The summed E-state index contributed by atoms with van der Waals surface area (Å²) in [6.45, 7) is 4.46. The molecule has 16 heavy (non-hydrogen) atoms. The lowest BCUT2D eigenvalue weighted by Crippen LogP contribution is -2.31. The van der Waals surface area contributed by atoms with E-state index in [9.17, 15) is 0 Å². The summed E-state index contributed by atoms with van der Waals surface area (Å²) in [7, 11) is 0. The van der Waals surface area contributed by atoms with Crippen LogP contribution >= 0.6 is 11.8 Å². The molecule has 2 unspecified atom stereocenters. The van der Waals surface area contributed by atoms with Crippen LogP contribution in [-0.2, 0) is 6.42 Å². The number of hydrogen-bond acceptors (Lipinski definition) is 2. The minimum absolute atomic E-state index is 0.581. The molecule has 1 aliphatic rings. The predicted molar refractivity (Wildman–Crippen MR) is 73.2 cm³/mol. The molecular formula is C14H21NS. The molecule has 0 heterocycles. The quantitative estimate of drug-likeness (QED) is 0.859. The third kappa shape index (κ3) is 2.61. The summed E-state index contributed by atoms with van der Waals surface area (Å²) in [5, 5.41) is 3.74. The molecule has 1 aliphatic carbocycles. The van der Waals surface area contributed by atoms with E-state index in [0.717, 1.165) is 0 Å². The Hall–Kier alpha value is -0.470. The highest BCUT2D eigenvalue weighted by Gasteiger charge is 2.23. The molecule has 2 heteroatoms. The van der Waals surface area contributed by atoms with Crippen molar-refractivity contribution in [1.29, 1.82) is 0 Å². The molecule has 0 saturated heterocycles. The summed E-state index contributed by atoms with van der Waals surface area (Å²) < 4.78 is 0. The zero-order valence-corrected chi connectivity index (χ0v) is 11.2. The molecule has 1 aromatic carbocycles. The molecule has 0 bridgehead atoms. The summed E-state index contributed by atoms with van der Waals surface area (Å²) in [5.41, 5.74) is 4.46. The van der Waals surface area contributed by atoms with Crippen LogP contribution in [0.3, 0.4) is 0 Å². The van der Waals surface area contributed by atoms with Crippen LogP contribution in [0.5, 0.6) is 0 Å². The highest BCUT2D eigenvalue weighted by molar-refractivity contribution is 7.98. The summed E-state index contributed by atoms with van der Waals surface area (Å²) in [5.74, 6) is 1.19. The van der Waals surface area contributed by atoms with Crippen molar-refractivity contribution in [3.05, 3.63) is 34.9 Å². The molecule has 1 aromatic rings. The zero-order chi connectivity index (χ0) is 11.5. The summed E-state index contributed by atoms with van der Waals surface area (Å²) in [6.07, 6.45) is 4.67. The van der Waals surface area contributed by atoms with Gasteiger partial charge in [0, 0.05) is 17.8 Å². The fourth-order valence-corrected chi connectivity index (χ4v) is 3.13. The number of hydrogen-bond donors (Lipinski definition) is 1. The summed E-state index contributed by atoms with van der Waals surface area (Å²) in [6, 6.07) is 8.06. The Morgan fingerprint density at radius 1 is 1.50 bits per heavy atom. The van der Waals surface area contributed by atoms with E-state index in [-0.39, 0.29) is 0 Å². The Morgan fingerprint density at radius 3 is 3.06 bits per heavy atom. The molecule has 0 spiro atoms. The third-order valence-electron chi connectivity index (χ3n) is 3.28. The molecule has 0 saturated carbocycles. The van der Waals surface area contributed by atoms with Gasteiger partial charge in [0.1, 0.15) is 0 Å². The molecule has 2 rings (SSSR count). The molecular weight excluding hydrogens is 214 g/mol. The monoisotopic (exact) mass is 235 g/mol. The summed E-state index contributed by atoms with van der Waals surface area (Å²) >= 11 is 1.92. The Kier molecular flexibility index (Phi) is 3.93. The van der Waals surface area contributed by atoms with Gasteiger partial charge in [-0.2, -0.15) is 11.8 Å². The number of rotatable bonds is 4.